The van der Waals surface area contributed by atoms with Crippen LogP contribution in [0.4, 0.5) is 0 Å². The lowest BCUT2D eigenvalue weighted by Crippen LogP contribution is -2.26. The maximum absolute atomic E-state index is 12.5. The van der Waals surface area contributed by atoms with Crippen LogP contribution in [0.2, 0.25) is 10.0 Å². The first-order valence-electron chi connectivity index (χ1n) is 7.92. The fourth-order valence-corrected chi connectivity index (χ4v) is 2.93. The quantitative estimate of drug-likeness (QED) is 0.509. The molecule has 0 unspecified atom stereocenters. The Kier molecular flexibility index (Phi) is 5.07. The Labute approximate surface area is 157 Å². The van der Waals surface area contributed by atoms with Gasteiger partial charge in [-0.15, -0.1) is 0 Å². The highest BCUT2D eigenvalue weighted by molar-refractivity contribution is 6.37. The molecule has 1 aliphatic heterocycles. The second-order valence-corrected chi connectivity index (χ2v) is 7.55. The molecule has 0 aliphatic carbocycles. The number of allylic oxidation sites excluding steroid dienone is 1. The molecule has 0 atom stereocenters. The molecule has 3 nitrogen and oxygen atoms in total. The van der Waals surface area contributed by atoms with E-state index in [0.717, 1.165) is 0 Å². The number of fused-ring (bicyclic) bond motifs is 1. The van der Waals surface area contributed by atoms with Crippen molar-refractivity contribution in [1.29, 1.82) is 0 Å². The fraction of sp³-hybridized carbons (Fsp3) is 0.250. The number of halogens is 2. The molecule has 0 saturated carbocycles. The Hall–Kier alpha value is -1.97. The van der Waals surface area contributed by atoms with Gasteiger partial charge in [0.1, 0.15) is 0 Å². The van der Waals surface area contributed by atoms with Gasteiger partial charge in [-0.3, -0.25) is 4.79 Å². The first kappa shape index (κ1) is 17.8. The zero-order chi connectivity index (χ0) is 18.0. The van der Waals surface area contributed by atoms with Gasteiger partial charge in [0.05, 0.1) is 13.2 Å². The Morgan fingerprint density at radius 3 is 2.36 bits per heavy atom. The third kappa shape index (κ3) is 4.17. The van der Waals surface area contributed by atoms with Crippen molar-refractivity contribution in [2.45, 2.75) is 13.8 Å². The number of hydrogen-bond acceptors (Lipinski definition) is 3. The van der Waals surface area contributed by atoms with Crippen molar-refractivity contribution in [3.05, 3.63) is 63.6 Å². The van der Waals surface area contributed by atoms with E-state index in [9.17, 15) is 4.79 Å². The lowest BCUT2D eigenvalue weighted by Gasteiger charge is -2.19. The van der Waals surface area contributed by atoms with Gasteiger partial charge in [-0.2, -0.15) is 0 Å². The molecule has 0 saturated heterocycles. The summed E-state index contributed by atoms with van der Waals surface area (Å²) in [7, 11) is 0. The van der Waals surface area contributed by atoms with Gasteiger partial charge in [-0.25, -0.2) is 0 Å². The minimum absolute atomic E-state index is 0.0795. The van der Waals surface area contributed by atoms with Gasteiger partial charge in [0, 0.05) is 26.6 Å². The SMILES string of the molecule is CC1(C)COc2ccc(C(=O)/C=C/c3c(Cl)cccc3Cl)cc2OC1. The van der Waals surface area contributed by atoms with E-state index in [0.29, 0.717) is 45.9 Å². The molecular formula is C20H18Cl2O3. The average Bonchev–Trinajstić information content (AvgIpc) is 2.72. The Balaban J connectivity index is 1.82. The van der Waals surface area contributed by atoms with Crippen LogP contribution >= 0.6 is 23.2 Å². The van der Waals surface area contributed by atoms with Gasteiger partial charge in [0.2, 0.25) is 0 Å². The highest BCUT2D eigenvalue weighted by atomic mass is 35.5. The summed E-state index contributed by atoms with van der Waals surface area (Å²) in [6.45, 7) is 5.24. The fourth-order valence-electron chi connectivity index (χ4n) is 2.41. The third-order valence-electron chi connectivity index (χ3n) is 3.87. The number of hydrogen-bond donors (Lipinski definition) is 0. The van der Waals surface area contributed by atoms with Crippen molar-refractivity contribution in [3.63, 3.8) is 0 Å². The molecule has 1 aliphatic rings. The van der Waals surface area contributed by atoms with E-state index in [-0.39, 0.29) is 11.2 Å². The van der Waals surface area contributed by atoms with Crippen molar-refractivity contribution in [3.8, 4) is 11.5 Å². The van der Waals surface area contributed by atoms with Crippen LogP contribution in [-0.2, 0) is 0 Å². The Bertz CT molecular complexity index is 821. The van der Waals surface area contributed by atoms with E-state index in [4.69, 9.17) is 32.7 Å². The molecule has 2 aromatic rings. The molecular weight excluding hydrogens is 359 g/mol. The summed E-state index contributed by atoms with van der Waals surface area (Å²) in [4.78, 5) is 12.5. The smallest absolute Gasteiger partial charge is 0.185 e. The number of ketones is 1. The number of benzene rings is 2. The summed E-state index contributed by atoms with van der Waals surface area (Å²) in [5.41, 5.74) is 1.06. The molecule has 25 heavy (non-hydrogen) atoms. The summed E-state index contributed by atoms with van der Waals surface area (Å²) < 4.78 is 11.6. The van der Waals surface area contributed by atoms with Crippen molar-refractivity contribution >= 4 is 35.1 Å². The molecule has 3 rings (SSSR count). The maximum atomic E-state index is 12.5. The zero-order valence-corrected chi connectivity index (χ0v) is 15.5. The molecule has 0 bridgehead atoms. The molecule has 130 valence electrons. The molecule has 0 radical (unpaired) electrons. The van der Waals surface area contributed by atoms with Crippen molar-refractivity contribution < 1.29 is 14.3 Å². The van der Waals surface area contributed by atoms with Crippen LogP contribution in [0.5, 0.6) is 11.5 Å². The van der Waals surface area contributed by atoms with E-state index in [2.05, 4.69) is 13.8 Å². The summed E-state index contributed by atoms with van der Waals surface area (Å²) in [6, 6.07) is 10.4. The van der Waals surface area contributed by atoms with Crippen LogP contribution in [0, 0.1) is 5.41 Å². The number of carbonyl (C=O) groups is 1. The van der Waals surface area contributed by atoms with E-state index in [1.807, 2.05) is 0 Å². The lowest BCUT2D eigenvalue weighted by atomic mass is 9.97. The summed E-state index contributed by atoms with van der Waals surface area (Å²) >= 11 is 12.2. The first-order chi connectivity index (χ1) is 11.9. The van der Waals surface area contributed by atoms with Crippen molar-refractivity contribution in [1.82, 2.24) is 0 Å². The molecule has 5 heteroatoms. The topological polar surface area (TPSA) is 35.5 Å². The molecule has 2 aromatic carbocycles. The zero-order valence-electron chi connectivity index (χ0n) is 14.0. The molecule has 0 fully saturated rings. The number of ether oxygens (including phenoxy) is 2. The van der Waals surface area contributed by atoms with Crippen LogP contribution in [0.15, 0.2) is 42.5 Å². The second-order valence-electron chi connectivity index (χ2n) is 6.74. The standard InChI is InChI=1S/C20H18Cl2O3/c1-20(2)11-24-18-9-6-13(10-19(18)25-12-20)17(23)8-7-14-15(21)4-3-5-16(14)22/h3-10H,11-12H2,1-2H3/b8-7+. The van der Waals surface area contributed by atoms with Crippen molar-refractivity contribution in [2.75, 3.05) is 13.2 Å². The Morgan fingerprint density at radius 2 is 1.68 bits per heavy atom. The predicted molar refractivity (Wildman–Crippen MR) is 101 cm³/mol. The van der Waals surface area contributed by atoms with E-state index >= 15 is 0 Å². The predicted octanol–water partition coefficient (Wildman–Crippen LogP) is 5.69. The van der Waals surface area contributed by atoms with Crippen LogP contribution in [0.3, 0.4) is 0 Å². The molecule has 0 N–H and O–H groups in total. The van der Waals surface area contributed by atoms with E-state index in [1.54, 1.807) is 42.5 Å². The lowest BCUT2D eigenvalue weighted by molar-refractivity contribution is 0.104. The molecule has 0 aromatic heterocycles. The van der Waals surface area contributed by atoms with Gasteiger partial charge >= 0.3 is 0 Å². The Morgan fingerprint density at radius 1 is 1.04 bits per heavy atom. The minimum atomic E-state index is -0.161. The number of rotatable bonds is 3. The normalized spacial score (nSPS) is 15.8. The van der Waals surface area contributed by atoms with Gasteiger partial charge in [0.15, 0.2) is 17.3 Å². The maximum Gasteiger partial charge on any atom is 0.185 e. The van der Waals surface area contributed by atoms with Crippen LogP contribution < -0.4 is 9.47 Å². The molecule has 0 amide bonds. The van der Waals surface area contributed by atoms with E-state index in [1.165, 1.54) is 6.08 Å². The number of carbonyl (C=O) groups excluding carboxylic acids is 1. The average molecular weight is 377 g/mol. The second kappa shape index (κ2) is 7.11. The molecule has 0 spiro atoms. The summed E-state index contributed by atoms with van der Waals surface area (Å²) in [6.07, 6.45) is 3.08. The summed E-state index contributed by atoms with van der Waals surface area (Å²) in [5, 5.41) is 0.995. The highest BCUT2D eigenvalue weighted by Crippen LogP contribution is 2.34. The van der Waals surface area contributed by atoms with E-state index < -0.39 is 0 Å². The molecule has 1 heterocycles. The van der Waals surface area contributed by atoms with Crippen LogP contribution in [0.1, 0.15) is 29.8 Å². The largest absolute Gasteiger partial charge is 0.489 e. The third-order valence-corrected chi connectivity index (χ3v) is 4.53. The van der Waals surface area contributed by atoms with Crippen molar-refractivity contribution in [2.24, 2.45) is 5.41 Å². The summed E-state index contributed by atoms with van der Waals surface area (Å²) in [5.74, 6) is 1.08. The van der Waals surface area contributed by atoms with Gasteiger partial charge in [0.25, 0.3) is 0 Å². The van der Waals surface area contributed by atoms with Crippen LogP contribution in [0.25, 0.3) is 6.08 Å². The minimum Gasteiger partial charge on any atom is -0.489 e. The monoisotopic (exact) mass is 376 g/mol. The van der Waals surface area contributed by atoms with Gasteiger partial charge in [-0.05, 0) is 42.5 Å². The first-order valence-corrected chi connectivity index (χ1v) is 8.67. The van der Waals surface area contributed by atoms with Crippen LogP contribution in [-0.4, -0.2) is 19.0 Å². The van der Waals surface area contributed by atoms with Gasteiger partial charge in [-0.1, -0.05) is 43.1 Å². The van der Waals surface area contributed by atoms with Gasteiger partial charge < -0.3 is 9.47 Å². The highest BCUT2D eigenvalue weighted by Gasteiger charge is 2.25.